The van der Waals surface area contributed by atoms with Crippen molar-refractivity contribution in [2.75, 3.05) is 13.1 Å². The number of nitrogens with one attached hydrogen (secondary N) is 1. The molecule has 136 valence electrons. The van der Waals surface area contributed by atoms with E-state index in [9.17, 15) is 9.90 Å². The molecule has 2 atom stereocenters. The van der Waals surface area contributed by atoms with Crippen LogP contribution >= 0.6 is 0 Å². The quantitative estimate of drug-likeness (QED) is 0.858. The third-order valence-electron chi connectivity index (χ3n) is 5.22. The number of ketones is 1. The summed E-state index contributed by atoms with van der Waals surface area (Å²) in [6, 6.07) is 6.69. The van der Waals surface area contributed by atoms with E-state index in [4.69, 9.17) is 9.15 Å². The Kier molecular flexibility index (Phi) is 4.32. The molecule has 1 aromatic heterocycles. The SMILES string of the molecule is Cc1ccc(C=C2Oc3c(ccc([O-])c3C[NH+]3CCCC(C)C3)C2=O)o1. The predicted molar refractivity (Wildman–Crippen MR) is 95.1 cm³/mol. The molecule has 0 bridgehead atoms. The van der Waals surface area contributed by atoms with Gasteiger partial charge in [0, 0.05) is 17.6 Å². The summed E-state index contributed by atoms with van der Waals surface area (Å²) in [5.74, 6) is 2.38. The number of carbonyl (C=O) groups is 1. The Morgan fingerprint density at radius 1 is 1.31 bits per heavy atom. The average Bonchev–Trinajstić information content (AvgIpc) is 3.15. The average molecular weight is 353 g/mol. The summed E-state index contributed by atoms with van der Waals surface area (Å²) in [5.41, 5.74) is 1.08. The molecular weight excluding hydrogens is 330 g/mol. The Morgan fingerprint density at radius 2 is 2.15 bits per heavy atom. The standard InChI is InChI=1S/C21H23NO4/c1-13-4-3-9-22(11-13)12-17-18(23)8-7-16-20(24)19(26-21(16)17)10-15-6-5-14(2)25-15/h5-8,10,13,23H,3-4,9,11-12H2,1-2H3. The van der Waals surface area contributed by atoms with Gasteiger partial charge in [-0.15, -0.1) is 0 Å². The lowest BCUT2D eigenvalue weighted by Gasteiger charge is -2.29. The molecule has 0 aliphatic carbocycles. The summed E-state index contributed by atoms with van der Waals surface area (Å²) < 4.78 is 11.4. The Morgan fingerprint density at radius 3 is 2.88 bits per heavy atom. The molecule has 2 unspecified atom stereocenters. The van der Waals surface area contributed by atoms with Gasteiger partial charge in [-0.2, -0.15) is 0 Å². The zero-order chi connectivity index (χ0) is 18.3. The fourth-order valence-corrected chi connectivity index (χ4v) is 3.92. The maximum atomic E-state index is 12.7. The molecule has 3 heterocycles. The molecule has 5 nitrogen and oxygen atoms in total. The maximum absolute atomic E-state index is 12.7. The monoisotopic (exact) mass is 353 g/mol. The van der Waals surface area contributed by atoms with Crippen LogP contribution in [-0.4, -0.2) is 18.9 Å². The molecule has 4 rings (SSSR count). The van der Waals surface area contributed by atoms with Gasteiger partial charge in [-0.1, -0.05) is 18.7 Å². The zero-order valence-electron chi connectivity index (χ0n) is 15.1. The number of Topliss-reactive ketones (excluding diaryl/α,β-unsaturated/α-hetero) is 1. The second-order valence-electron chi connectivity index (χ2n) is 7.44. The van der Waals surface area contributed by atoms with Crippen LogP contribution in [0.4, 0.5) is 0 Å². The summed E-state index contributed by atoms with van der Waals surface area (Å²) in [4.78, 5) is 14.1. The second-order valence-corrected chi connectivity index (χ2v) is 7.44. The topological polar surface area (TPSA) is 66.9 Å². The molecule has 2 aliphatic rings. The molecule has 0 saturated carbocycles. The van der Waals surface area contributed by atoms with Crippen molar-refractivity contribution in [3.05, 3.63) is 52.7 Å². The first-order chi connectivity index (χ1) is 12.5. The van der Waals surface area contributed by atoms with Crippen molar-refractivity contribution in [1.29, 1.82) is 0 Å². The van der Waals surface area contributed by atoms with Crippen molar-refractivity contribution in [3.63, 3.8) is 0 Å². The maximum Gasteiger partial charge on any atom is 0.232 e. The third kappa shape index (κ3) is 3.15. The van der Waals surface area contributed by atoms with E-state index in [2.05, 4.69) is 6.92 Å². The van der Waals surface area contributed by atoms with Crippen LogP contribution in [0.1, 0.15) is 47.2 Å². The van der Waals surface area contributed by atoms with E-state index >= 15 is 0 Å². The Hall–Kier alpha value is -2.53. The number of ether oxygens (including phenoxy) is 1. The van der Waals surface area contributed by atoms with Crippen molar-refractivity contribution in [1.82, 2.24) is 0 Å². The lowest BCUT2D eigenvalue weighted by molar-refractivity contribution is -0.922. The molecule has 26 heavy (non-hydrogen) atoms. The van der Waals surface area contributed by atoms with Gasteiger partial charge >= 0.3 is 0 Å². The number of piperidine rings is 1. The molecular formula is C21H23NO4. The molecule has 2 aromatic rings. The predicted octanol–water partition coefficient (Wildman–Crippen LogP) is 2.09. The van der Waals surface area contributed by atoms with Crippen LogP contribution in [0.5, 0.6) is 11.5 Å². The van der Waals surface area contributed by atoms with Gasteiger partial charge in [0.2, 0.25) is 5.78 Å². The molecule has 1 saturated heterocycles. The molecule has 0 spiro atoms. The van der Waals surface area contributed by atoms with E-state index in [-0.39, 0.29) is 17.3 Å². The van der Waals surface area contributed by atoms with Crippen molar-refractivity contribution < 1.29 is 24.0 Å². The number of furan rings is 1. The fraction of sp³-hybridized carbons (Fsp3) is 0.381. The smallest absolute Gasteiger partial charge is 0.232 e. The highest BCUT2D eigenvalue weighted by atomic mass is 16.5. The highest BCUT2D eigenvalue weighted by Crippen LogP contribution is 2.38. The van der Waals surface area contributed by atoms with Gasteiger partial charge in [-0.25, -0.2) is 0 Å². The minimum Gasteiger partial charge on any atom is -0.872 e. The highest BCUT2D eigenvalue weighted by molar-refractivity contribution is 6.14. The van der Waals surface area contributed by atoms with Crippen LogP contribution in [0.2, 0.25) is 0 Å². The zero-order valence-corrected chi connectivity index (χ0v) is 15.1. The van der Waals surface area contributed by atoms with Crippen LogP contribution in [0, 0.1) is 12.8 Å². The van der Waals surface area contributed by atoms with Gasteiger partial charge in [-0.05, 0) is 38.0 Å². The summed E-state index contributed by atoms with van der Waals surface area (Å²) in [6.07, 6.45) is 4.01. The number of quaternary nitrogens is 1. The van der Waals surface area contributed by atoms with Gasteiger partial charge in [0.1, 0.15) is 23.8 Å². The third-order valence-corrected chi connectivity index (χ3v) is 5.22. The Balaban J connectivity index is 1.64. The molecule has 2 aliphatic heterocycles. The van der Waals surface area contributed by atoms with Gasteiger partial charge in [0.25, 0.3) is 0 Å². The number of hydrogen-bond donors (Lipinski definition) is 1. The number of hydrogen-bond acceptors (Lipinski definition) is 4. The van der Waals surface area contributed by atoms with Crippen molar-refractivity contribution >= 4 is 11.9 Å². The second kappa shape index (κ2) is 6.65. The van der Waals surface area contributed by atoms with Crippen LogP contribution in [-0.2, 0) is 6.54 Å². The lowest BCUT2D eigenvalue weighted by Crippen LogP contribution is -3.12. The summed E-state index contributed by atoms with van der Waals surface area (Å²) >= 11 is 0. The van der Waals surface area contributed by atoms with Crippen LogP contribution in [0.15, 0.2) is 34.4 Å². The summed E-state index contributed by atoms with van der Waals surface area (Å²) in [6.45, 7) is 6.80. The molecule has 5 heteroatoms. The number of aryl methyl sites for hydroxylation is 1. The summed E-state index contributed by atoms with van der Waals surface area (Å²) in [7, 11) is 0. The normalized spacial score (nSPS) is 23.9. The van der Waals surface area contributed by atoms with E-state index in [1.54, 1.807) is 18.2 Å². The van der Waals surface area contributed by atoms with Crippen molar-refractivity contribution in [2.45, 2.75) is 33.2 Å². The number of benzene rings is 1. The number of carbonyl (C=O) groups excluding carboxylic acids is 1. The Labute approximate surface area is 152 Å². The van der Waals surface area contributed by atoms with Gasteiger partial charge in [0.15, 0.2) is 5.76 Å². The molecule has 1 fully saturated rings. The molecule has 0 radical (unpaired) electrons. The van der Waals surface area contributed by atoms with Gasteiger partial charge in [-0.3, -0.25) is 4.79 Å². The van der Waals surface area contributed by atoms with E-state index in [0.717, 1.165) is 18.8 Å². The number of likely N-dealkylation sites (tertiary alicyclic amines) is 1. The largest absolute Gasteiger partial charge is 0.872 e. The van der Waals surface area contributed by atoms with Crippen LogP contribution < -0.4 is 14.7 Å². The van der Waals surface area contributed by atoms with Crippen LogP contribution in [0.3, 0.4) is 0 Å². The molecule has 1 aromatic carbocycles. The Bertz CT molecular complexity index is 880. The van der Waals surface area contributed by atoms with E-state index in [1.165, 1.54) is 23.8 Å². The number of rotatable bonds is 3. The molecule has 1 N–H and O–H groups in total. The van der Waals surface area contributed by atoms with Gasteiger partial charge < -0.3 is 19.2 Å². The summed E-state index contributed by atoms with van der Waals surface area (Å²) in [5, 5.41) is 12.5. The van der Waals surface area contributed by atoms with Crippen molar-refractivity contribution in [2.24, 2.45) is 5.92 Å². The first-order valence-electron chi connectivity index (χ1n) is 9.18. The van der Waals surface area contributed by atoms with E-state index < -0.39 is 0 Å². The minimum absolute atomic E-state index is 0.0580. The number of fused-ring (bicyclic) bond motifs is 1. The van der Waals surface area contributed by atoms with E-state index in [0.29, 0.717) is 35.1 Å². The first kappa shape index (κ1) is 16.9. The first-order valence-corrected chi connectivity index (χ1v) is 9.18. The van der Waals surface area contributed by atoms with Gasteiger partial charge in [0.05, 0.1) is 18.7 Å². The van der Waals surface area contributed by atoms with E-state index in [1.807, 2.05) is 13.0 Å². The number of allylic oxidation sites excluding steroid dienone is 1. The minimum atomic E-state index is -0.197. The highest BCUT2D eigenvalue weighted by Gasteiger charge is 2.32. The lowest BCUT2D eigenvalue weighted by atomic mass is 9.99. The van der Waals surface area contributed by atoms with Crippen molar-refractivity contribution in [3.8, 4) is 11.5 Å². The fourth-order valence-electron chi connectivity index (χ4n) is 3.92. The van der Waals surface area contributed by atoms with Crippen LogP contribution in [0.25, 0.3) is 6.08 Å². The molecule has 0 amide bonds.